The van der Waals surface area contributed by atoms with E-state index in [4.69, 9.17) is 4.74 Å². The second kappa shape index (κ2) is 6.65. The van der Waals surface area contributed by atoms with Crippen molar-refractivity contribution in [2.24, 2.45) is 7.05 Å². The molecule has 2 rings (SSSR count). The van der Waals surface area contributed by atoms with Gasteiger partial charge < -0.3 is 10.1 Å². The van der Waals surface area contributed by atoms with Gasteiger partial charge in [-0.15, -0.1) is 0 Å². The molecule has 0 amide bonds. The predicted octanol–water partition coefficient (Wildman–Crippen LogP) is 2.50. The Morgan fingerprint density at radius 3 is 2.85 bits per heavy atom. The molecule has 20 heavy (non-hydrogen) atoms. The molecule has 2 aromatic rings. The van der Waals surface area contributed by atoms with Crippen molar-refractivity contribution in [2.75, 3.05) is 11.9 Å². The van der Waals surface area contributed by atoms with Gasteiger partial charge in [-0.05, 0) is 19.8 Å². The number of aryl methyl sites for hydroxylation is 1. The number of aromatic nitrogens is 4. The van der Waals surface area contributed by atoms with Crippen LogP contribution in [0.1, 0.15) is 39.4 Å². The lowest BCUT2D eigenvalue weighted by Gasteiger charge is -2.11. The number of anilines is 1. The molecule has 6 nitrogen and oxygen atoms in total. The minimum atomic E-state index is 0.216. The zero-order chi connectivity index (χ0) is 14.5. The lowest BCUT2D eigenvalue weighted by Crippen LogP contribution is -2.11. The van der Waals surface area contributed by atoms with Crippen LogP contribution in [-0.2, 0) is 18.4 Å². The summed E-state index contributed by atoms with van der Waals surface area (Å²) in [5.41, 5.74) is 0.835. The summed E-state index contributed by atoms with van der Waals surface area (Å²) in [5, 5.41) is 8.54. The van der Waals surface area contributed by atoms with Crippen LogP contribution in [0.5, 0.6) is 0 Å². The van der Waals surface area contributed by atoms with E-state index in [0.29, 0.717) is 12.4 Å². The predicted molar refractivity (Wildman–Crippen MR) is 79.6 cm³/mol. The largest absolute Gasteiger partial charge is 0.371 e. The minimum absolute atomic E-state index is 0.216. The topological polar surface area (TPSA) is 64.9 Å². The highest BCUT2D eigenvalue weighted by atomic mass is 16.5. The van der Waals surface area contributed by atoms with Crippen molar-refractivity contribution >= 4 is 16.9 Å². The molecule has 1 unspecified atom stereocenters. The fourth-order valence-electron chi connectivity index (χ4n) is 1.84. The number of ether oxygens (including phenoxy) is 1. The monoisotopic (exact) mass is 277 g/mol. The Hall–Kier alpha value is -1.69. The van der Waals surface area contributed by atoms with E-state index in [1.165, 1.54) is 0 Å². The molecule has 0 aliphatic carbocycles. The molecule has 0 aliphatic heterocycles. The number of nitrogens with one attached hydrogen (secondary N) is 1. The highest BCUT2D eigenvalue weighted by molar-refractivity contribution is 5.86. The van der Waals surface area contributed by atoms with Crippen LogP contribution in [0.4, 0.5) is 5.82 Å². The smallest absolute Gasteiger partial charge is 0.163 e. The van der Waals surface area contributed by atoms with Gasteiger partial charge in [-0.3, -0.25) is 4.68 Å². The van der Waals surface area contributed by atoms with Crippen LogP contribution in [0, 0.1) is 0 Å². The average Bonchev–Trinajstić information content (AvgIpc) is 2.84. The van der Waals surface area contributed by atoms with Crippen LogP contribution >= 0.6 is 0 Å². The zero-order valence-electron chi connectivity index (χ0n) is 12.7. The summed E-state index contributed by atoms with van der Waals surface area (Å²) in [6, 6.07) is 0. The summed E-state index contributed by atoms with van der Waals surface area (Å²) < 4.78 is 7.48. The van der Waals surface area contributed by atoms with Gasteiger partial charge in [0, 0.05) is 13.6 Å². The molecular formula is C14H23N5O. The van der Waals surface area contributed by atoms with E-state index in [1.54, 1.807) is 10.9 Å². The van der Waals surface area contributed by atoms with Crippen LogP contribution in [0.15, 0.2) is 6.20 Å². The van der Waals surface area contributed by atoms with Gasteiger partial charge in [0.15, 0.2) is 11.5 Å². The van der Waals surface area contributed by atoms with Crippen LogP contribution in [-0.4, -0.2) is 32.4 Å². The average molecular weight is 277 g/mol. The third-order valence-electron chi connectivity index (χ3n) is 3.25. The third-order valence-corrected chi connectivity index (χ3v) is 3.25. The Morgan fingerprint density at radius 1 is 1.35 bits per heavy atom. The number of hydrogen-bond acceptors (Lipinski definition) is 5. The fourth-order valence-corrected chi connectivity index (χ4v) is 1.84. The van der Waals surface area contributed by atoms with Gasteiger partial charge in [-0.2, -0.15) is 5.10 Å². The van der Waals surface area contributed by atoms with E-state index in [9.17, 15) is 0 Å². The van der Waals surface area contributed by atoms with Crippen LogP contribution < -0.4 is 5.32 Å². The summed E-state index contributed by atoms with van der Waals surface area (Å²) in [7, 11) is 1.89. The fraction of sp³-hybridized carbons (Fsp3) is 0.643. The number of rotatable bonds is 7. The highest BCUT2D eigenvalue weighted by Gasteiger charge is 2.12. The van der Waals surface area contributed by atoms with Gasteiger partial charge in [0.2, 0.25) is 0 Å². The summed E-state index contributed by atoms with van der Waals surface area (Å²) >= 11 is 0. The first-order valence-electron chi connectivity index (χ1n) is 7.19. The Kier molecular flexibility index (Phi) is 4.89. The molecule has 0 spiro atoms. The Balaban J connectivity index is 2.28. The van der Waals surface area contributed by atoms with Crippen molar-refractivity contribution in [2.45, 2.75) is 46.3 Å². The number of hydrogen-bond donors (Lipinski definition) is 1. The van der Waals surface area contributed by atoms with Crippen LogP contribution in [0.25, 0.3) is 11.0 Å². The first-order chi connectivity index (χ1) is 9.65. The van der Waals surface area contributed by atoms with Gasteiger partial charge >= 0.3 is 0 Å². The van der Waals surface area contributed by atoms with E-state index >= 15 is 0 Å². The first kappa shape index (κ1) is 14.7. The maximum Gasteiger partial charge on any atom is 0.163 e. The quantitative estimate of drug-likeness (QED) is 0.842. The molecule has 0 saturated carbocycles. The molecule has 0 aromatic carbocycles. The molecule has 0 bridgehead atoms. The van der Waals surface area contributed by atoms with E-state index in [-0.39, 0.29) is 6.10 Å². The van der Waals surface area contributed by atoms with E-state index in [0.717, 1.165) is 36.2 Å². The summed E-state index contributed by atoms with van der Waals surface area (Å²) in [4.78, 5) is 9.09. The molecule has 0 saturated heterocycles. The van der Waals surface area contributed by atoms with Gasteiger partial charge in [-0.1, -0.05) is 13.8 Å². The molecule has 2 heterocycles. The lowest BCUT2D eigenvalue weighted by atomic mass is 10.3. The lowest BCUT2D eigenvalue weighted by molar-refractivity contribution is 0.0469. The molecule has 0 radical (unpaired) electrons. The third kappa shape index (κ3) is 3.25. The van der Waals surface area contributed by atoms with E-state index < -0.39 is 0 Å². The van der Waals surface area contributed by atoms with Crippen LogP contribution in [0.3, 0.4) is 0 Å². The van der Waals surface area contributed by atoms with Crippen molar-refractivity contribution < 1.29 is 4.74 Å². The maximum absolute atomic E-state index is 5.72. The van der Waals surface area contributed by atoms with Gasteiger partial charge in [-0.25, -0.2) is 9.97 Å². The highest BCUT2D eigenvalue weighted by Crippen LogP contribution is 2.20. The molecule has 0 aliphatic rings. The molecular weight excluding hydrogens is 254 g/mol. The second-order valence-corrected chi connectivity index (χ2v) is 4.95. The van der Waals surface area contributed by atoms with E-state index in [2.05, 4.69) is 41.2 Å². The molecule has 110 valence electrons. The maximum atomic E-state index is 5.72. The molecule has 2 aromatic heterocycles. The molecule has 1 atom stereocenters. The van der Waals surface area contributed by atoms with Crippen LogP contribution in [0.2, 0.25) is 0 Å². The SMILES string of the molecule is CCCNc1nc(COC(C)CC)nc2c1cnn2C. The normalized spacial score (nSPS) is 12.8. The van der Waals surface area contributed by atoms with Gasteiger partial charge in [0.25, 0.3) is 0 Å². The standard InChI is InChI=1S/C14H23N5O/c1-5-7-15-13-11-8-16-19(4)14(11)18-12(17-13)9-20-10(3)6-2/h8,10H,5-7,9H2,1-4H3,(H,15,17,18). The van der Waals surface area contributed by atoms with Gasteiger partial charge in [0.05, 0.1) is 17.7 Å². The Bertz CT molecular complexity index is 566. The van der Waals surface area contributed by atoms with Crippen molar-refractivity contribution in [3.05, 3.63) is 12.0 Å². The van der Waals surface area contributed by atoms with Crippen molar-refractivity contribution in [1.29, 1.82) is 0 Å². The summed E-state index contributed by atoms with van der Waals surface area (Å²) in [5.74, 6) is 1.53. The van der Waals surface area contributed by atoms with Gasteiger partial charge in [0.1, 0.15) is 12.4 Å². The first-order valence-corrected chi connectivity index (χ1v) is 7.19. The Labute approximate surface area is 119 Å². The molecule has 6 heteroatoms. The Morgan fingerprint density at radius 2 is 2.15 bits per heavy atom. The summed E-state index contributed by atoms with van der Waals surface area (Å²) in [6.07, 6.45) is 4.04. The molecule has 0 fully saturated rings. The summed E-state index contributed by atoms with van der Waals surface area (Å²) in [6.45, 7) is 7.59. The number of nitrogens with zero attached hydrogens (tertiary/aromatic N) is 4. The second-order valence-electron chi connectivity index (χ2n) is 4.95. The minimum Gasteiger partial charge on any atom is -0.371 e. The van der Waals surface area contributed by atoms with Crippen molar-refractivity contribution in [1.82, 2.24) is 19.7 Å². The van der Waals surface area contributed by atoms with Crippen molar-refractivity contribution in [3.63, 3.8) is 0 Å². The number of fused-ring (bicyclic) bond motifs is 1. The zero-order valence-corrected chi connectivity index (χ0v) is 12.7. The van der Waals surface area contributed by atoms with Crippen molar-refractivity contribution in [3.8, 4) is 0 Å². The molecule has 1 N–H and O–H groups in total. The van der Waals surface area contributed by atoms with E-state index in [1.807, 2.05) is 7.05 Å².